The Morgan fingerprint density at radius 2 is 1.48 bits per heavy atom. The highest BCUT2D eigenvalue weighted by Crippen LogP contribution is 2.22. The molecule has 0 atom stereocenters. The summed E-state index contributed by atoms with van der Waals surface area (Å²) in [5, 5.41) is 0. The lowest BCUT2D eigenvalue weighted by molar-refractivity contribution is -0.153. The summed E-state index contributed by atoms with van der Waals surface area (Å²) in [4.78, 5) is 12.6. The van der Waals surface area contributed by atoms with Gasteiger partial charge in [-0.05, 0) is 56.0 Å². The number of hydrogen-bond donors (Lipinski definition) is 1. The molecule has 2 rings (SSSR count). The normalized spacial score (nSPS) is 10.6. The van der Waals surface area contributed by atoms with Gasteiger partial charge in [0, 0.05) is 4.90 Å². The van der Waals surface area contributed by atoms with Gasteiger partial charge in [0.25, 0.3) is 0 Å². The summed E-state index contributed by atoms with van der Waals surface area (Å²) in [5.74, 6) is -0.249. The fourth-order valence-electron chi connectivity index (χ4n) is 1.90. The van der Waals surface area contributed by atoms with Gasteiger partial charge in [-0.1, -0.05) is 62.7 Å². The molecule has 0 saturated heterocycles. The van der Waals surface area contributed by atoms with Crippen molar-refractivity contribution in [2.75, 3.05) is 6.54 Å². The molecule has 0 amide bonds. The predicted octanol–water partition coefficient (Wildman–Crippen LogP) is 5.71. The van der Waals surface area contributed by atoms with Crippen LogP contribution in [-0.4, -0.2) is 18.1 Å². The minimum atomic E-state index is -0.444. The number of rotatable bonds is 5. The minimum absolute atomic E-state index is 0.183. The zero-order chi connectivity index (χ0) is 18.7. The molecule has 2 aromatic rings. The second-order valence-electron chi connectivity index (χ2n) is 6.61. The van der Waals surface area contributed by atoms with Crippen LogP contribution >= 0.6 is 11.9 Å². The molecule has 3 nitrogen and oxygen atoms in total. The maximum atomic E-state index is 11.6. The third-order valence-electron chi connectivity index (χ3n) is 2.79. The van der Waals surface area contributed by atoms with Crippen molar-refractivity contribution in [3.05, 3.63) is 54.6 Å². The molecule has 0 heterocycles. The van der Waals surface area contributed by atoms with Crippen molar-refractivity contribution < 1.29 is 9.53 Å². The van der Waals surface area contributed by atoms with Crippen LogP contribution in [0.3, 0.4) is 0 Å². The van der Waals surface area contributed by atoms with Gasteiger partial charge in [0.05, 0.1) is 0 Å². The Morgan fingerprint density at radius 3 is 2.00 bits per heavy atom. The highest BCUT2D eigenvalue weighted by Gasteiger charge is 2.15. The fraction of sp³-hybridized carbons (Fsp3) is 0.381. The van der Waals surface area contributed by atoms with Gasteiger partial charge < -0.3 is 4.74 Å². The number of esters is 1. The SMILES string of the molecule is CC(C)(C)OC(=O)CNSc1ccc(-c2ccccc2)cc1.CCC. The summed E-state index contributed by atoms with van der Waals surface area (Å²) in [6.07, 6.45) is 1.25. The summed E-state index contributed by atoms with van der Waals surface area (Å²) in [7, 11) is 0. The highest BCUT2D eigenvalue weighted by atomic mass is 32.2. The van der Waals surface area contributed by atoms with Crippen molar-refractivity contribution in [1.82, 2.24) is 4.72 Å². The van der Waals surface area contributed by atoms with Crippen molar-refractivity contribution in [1.29, 1.82) is 0 Å². The molecule has 0 aliphatic rings. The quantitative estimate of drug-likeness (QED) is 0.548. The standard InChI is InChI=1S/C18H21NO2S.C3H8/c1-18(2,3)21-17(20)13-19-22-16-11-9-15(10-12-16)14-7-5-4-6-8-14;1-3-2/h4-12,19H,13H2,1-3H3;3H2,1-2H3. The lowest BCUT2D eigenvalue weighted by atomic mass is 10.1. The largest absolute Gasteiger partial charge is 0.459 e. The molecule has 2 aromatic carbocycles. The Morgan fingerprint density at radius 1 is 0.960 bits per heavy atom. The maximum absolute atomic E-state index is 11.6. The Balaban J connectivity index is 0.000000970. The molecule has 25 heavy (non-hydrogen) atoms. The first-order valence-electron chi connectivity index (χ1n) is 8.62. The summed E-state index contributed by atoms with van der Waals surface area (Å²) in [6.45, 7) is 10.0. The third-order valence-corrected chi connectivity index (χ3v) is 3.58. The molecule has 0 unspecified atom stereocenters. The number of carbonyl (C=O) groups is 1. The first-order chi connectivity index (χ1) is 11.9. The number of benzene rings is 2. The molecule has 0 bridgehead atoms. The van der Waals surface area contributed by atoms with Crippen molar-refractivity contribution in [3.63, 3.8) is 0 Å². The summed E-state index contributed by atoms with van der Waals surface area (Å²) >= 11 is 1.43. The average Bonchev–Trinajstić information content (AvgIpc) is 2.55. The van der Waals surface area contributed by atoms with E-state index in [0.717, 1.165) is 4.90 Å². The van der Waals surface area contributed by atoms with Crippen LogP contribution in [0.15, 0.2) is 59.5 Å². The van der Waals surface area contributed by atoms with Gasteiger partial charge in [0.15, 0.2) is 0 Å². The smallest absolute Gasteiger partial charge is 0.321 e. The van der Waals surface area contributed by atoms with Crippen LogP contribution < -0.4 is 4.72 Å². The van der Waals surface area contributed by atoms with Gasteiger partial charge in [-0.3, -0.25) is 4.79 Å². The molecule has 136 valence electrons. The van der Waals surface area contributed by atoms with Gasteiger partial charge in [0.2, 0.25) is 0 Å². The first kappa shape index (κ1) is 21.3. The van der Waals surface area contributed by atoms with Gasteiger partial charge in [-0.2, -0.15) is 0 Å². The third kappa shape index (κ3) is 9.32. The number of hydrogen-bond acceptors (Lipinski definition) is 4. The van der Waals surface area contributed by atoms with E-state index < -0.39 is 5.60 Å². The zero-order valence-corrected chi connectivity index (χ0v) is 16.7. The number of ether oxygens (including phenoxy) is 1. The van der Waals surface area contributed by atoms with Crippen LogP contribution in [0.25, 0.3) is 11.1 Å². The maximum Gasteiger partial charge on any atom is 0.321 e. The van der Waals surface area contributed by atoms with E-state index in [1.54, 1.807) is 0 Å². The predicted molar refractivity (Wildman–Crippen MR) is 108 cm³/mol. The van der Waals surface area contributed by atoms with Crippen molar-refractivity contribution >= 4 is 17.9 Å². The Bertz CT molecular complexity index is 619. The molecule has 4 heteroatoms. The lowest BCUT2D eigenvalue weighted by Gasteiger charge is -2.19. The van der Waals surface area contributed by atoms with Crippen molar-refractivity contribution in [3.8, 4) is 11.1 Å². The zero-order valence-electron chi connectivity index (χ0n) is 15.8. The molecule has 0 aromatic heterocycles. The lowest BCUT2D eigenvalue weighted by Crippen LogP contribution is -2.29. The summed E-state index contributed by atoms with van der Waals surface area (Å²) in [6, 6.07) is 18.5. The first-order valence-corrected chi connectivity index (χ1v) is 9.44. The van der Waals surface area contributed by atoms with E-state index in [1.165, 1.54) is 29.5 Å². The molecule has 0 aliphatic carbocycles. The van der Waals surface area contributed by atoms with Crippen LogP contribution in [0.5, 0.6) is 0 Å². The summed E-state index contributed by atoms with van der Waals surface area (Å²) < 4.78 is 8.26. The molecular formula is C21H29NO2S. The molecule has 0 aliphatic heterocycles. The Labute approximate surface area is 156 Å². The molecule has 0 spiro atoms. The van der Waals surface area contributed by atoms with E-state index in [4.69, 9.17) is 4.74 Å². The van der Waals surface area contributed by atoms with Crippen LogP contribution in [0.1, 0.15) is 41.0 Å². The van der Waals surface area contributed by atoms with Gasteiger partial charge >= 0.3 is 5.97 Å². The highest BCUT2D eigenvalue weighted by molar-refractivity contribution is 7.97. The second-order valence-corrected chi connectivity index (χ2v) is 7.57. The van der Waals surface area contributed by atoms with Gasteiger partial charge in [-0.15, -0.1) is 0 Å². The van der Waals surface area contributed by atoms with Crippen LogP contribution in [0.2, 0.25) is 0 Å². The van der Waals surface area contributed by atoms with E-state index >= 15 is 0 Å². The van der Waals surface area contributed by atoms with Gasteiger partial charge in [0.1, 0.15) is 12.1 Å². The summed E-state index contributed by atoms with van der Waals surface area (Å²) in [5.41, 5.74) is 1.93. The van der Waals surface area contributed by atoms with Gasteiger partial charge in [-0.25, -0.2) is 4.72 Å². The van der Waals surface area contributed by atoms with E-state index in [2.05, 4.69) is 42.8 Å². The molecular weight excluding hydrogens is 330 g/mol. The molecule has 0 radical (unpaired) electrons. The topological polar surface area (TPSA) is 38.3 Å². The average molecular weight is 360 g/mol. The van der Waals surface area contributed by atoms with Crippen molar-refractivity contribution in [2.24, 2.45) is 0 Å². The van der Waals surface area contributed by atoms with Crippen LogP contribution in [-0.2, 0) is 9.53 Å². The monoisotopic (exact) mass is 359 g/mol. The number of nitrogens with one attached hydrogen (secondary N) is 1. The number of carbonyl (C=O) groups excluding carboxylic acids is 1. The van der Waals surface area contributed by atoms with E-state index in [-0.39, 0.29) is 12.5 Å². The van der Waals surface area contributed by atoms with E-state index in [1.807, 2.05) is 51.1 Å². The Hall–Kier alpha value is -1.78. The van der Waals surface area contributed by atoms with E-state index in [0.29, 0.717) is 0 Å². The van der Waals surface area contributed by atoms with Crippen LogP contribution in [0, 0.1) is 0 Å². The molecule has 0 fully saturated rings. The van der Waals surface area contributed by atoms with Crippen molar-refractivity contribution in [2.45, 2.75) is 51.5 Å². The van der Waals surface area contributed by atoms with Crippen LogP contribution in [0.4, 0.5) is 0 Å². The van der Waals surface area contributed by atoms with E-state index in [9.17, 15) is 4.79 Å². The molecule has 0 saturated carbocycles. The second kappa shape index (κ2) is 11.0. The minimum Gasteiger partial charge on any atom is -0.459 e. The fourth-order valence-corrected chi connectivity index (χ4v) is 2.53. The Kier molecular flexibility index (Phi) is 9.32. The molecule has 1 N–H and O–H groups in total.